The van der Waals surface area contributed by atoms with Gasteiger partial charge in [0.05, 0.1) is 23.3 Å². The van der Waals surface area contributed by atoms with Crippen LogP contribution < -0.4 is 11.1 Å². The summed E-state index contributed by atoms with van der Waals surface area (Å²) in [5.41, 5.74) is 7.50. The van der Waals surface area contributed by atoms with Crippen molar-refractivity contribution in [2.75, 3.05) is 24.1 Å². The molecule has 2 aromatic rings. The highest BCUT2D eigenvalue weighted by Gasteiger charge is 2.31. The molecule has 2 heterocycles. The zero-order valence-electron chi connectivity index (χ0n) is 15.0. The molecule has 25 heavy (non-hydrogen) atoms. The normalized spacial score (nSPS) is 17.7. The van der Waals surface area contributed by atoms with Crippen molar-refractivity contribution in [1.82, 2.24) is 14.9 Å². The predicted octanol–water partition coefficient (Wildman–Crippen LogP) is 3.02. The van der Waals surface area contributed by atoms with Crippen LogP contribution in [0, 0.1) is 0 Å². The van der Waals surface area contributed by atoms with Gasteiger partial charge in [-0.25, -0.2) is 9.78 Å². The molecule has 0 radical (unpaired) electrons. The lowest BCUT2D eigenvalue weighted by Gasteiger charge is -2.28. The van der Waals surface area contributed by atoms with Gasteiger partial charge < -0.3 is 20.7 Å². The lowest BCUT2D eigenvalue weighted by atomic mass is 10.2. The van der Waals surface area contributed by atoms with E-state index in [1.807, 2.05) is 32.9 Å². The molecule has 1 atom stereocenters. The quantitative estimate of drug-likeness (QED) is 0.832. The van der Waals surface area contributed by atoms with Crippen molar-refractivity contribution in [1.29, 1.82) is 0 Å². The van der Waals surface area contributed by atoms with Crippen LogP contribution in [0.3, 0.4) is 0 Å². The van der Waals surface area contributed by atoms with Crippen LogP contribution in [0.1, 0.15) is 33.6 Å². The molecular weight excluding hydrogens is 318 g/mol. The highest BCUT2D eigenvalue weighted by Crippen LogP contribution is 2.21. The van der Waals surface area contributed by atoms with E-state index in [1.54, 1.807) is 17.2 Å². The summed E-state index contributed by atoms with van der Waals surface area (Å²) in [6, 6.07) is 5.56. The number of carbonyl (C=O) groups is 1. The molecule has 0 saturated carbocycles. The predicted molar refractivity (Wildman–Crippen MR) is 98.4 cm³/mol. The SMILES string of the molecule is CC(C)(C)OC(=O)N1CCC[C@H]1CNc1cnc2cc(N)ccc2n1. The van der Waals surface area contributed by atoms with Gasteiger partial charge in [-0.2, -0.15) is 0 Å². The Kier molecular flexibility index (Phi) is 4.65. The topological polar surface area (TPSA) is 93.4 Å². The van der Waals surface area contributed by atoms with Crippen molar-refractivity contribution < 1.29 is 9.53 Å². The minimum atomic E-state index is -0.483. The minimum Gasteiger partial charge on any atom is -0.444 e. The van der Waals surface area contributed by atoms with E-state index in [4.69, 9.17) is 10.5 Å². The number of hydrogen-bond acceptors (Lipinski definition) is 6. The van der Waals surface area contributed by atoms with Gasteiger partial charge in [0, 0.05) is 18.8 Å². The first kappa shape index (κ1) is 17.3. The smallest absolute Gasteiger partial charge is 0.410 e. The Bertz CT molecular complexity index is 772. The number of rotatable bonds is 3. The number of carbonyl (C=O) groups excluding carboxylic acids is 1. The first-order valence-electron chi connectivity index (χ1n) is 8.57. The van der Waals surface area contributed by atoms with Crippen molar-refractivity contribution in [3.63, 3.8) is 0 Å². The number of benzene rings is 1. The second kappa shape index (κ2) is 6.74. The van der Waals surface area contributed by atoms with Gasteiger partial charge in [0.25, 0.3) is 0 Å². The fourth-order valence-electron chi connectivity index (χ4n) is 2.94. The van der Waals surface area contributed by atoms with E-state index < -0.39 is 5.60 Å². The number of anilines is 2. The number of amides is 1. The van der Waals surface area contributed by atoms with E-state index in [1.165, 1.54) is 0 Å². The van der Waals surface area contributed by atoms with Gasteiger partial charge in [-0.3, -0.25) is 4.98 Å². The van der Waals surface area contributed by atoms with E-state index in [9.17, 15) is 4.79 Å². The molecule has 3 rings (SSSR count). The Labute approximate surface area is 147 Å². The largest absolute Gasteiger partial charge is 0.444 e. The number of nitrogens with zero attached hydrogens (tertiary/aromatic N) is 3. The van der Waals surface area contributed by atoms with E-state index in [2.05, 4.69) is 15.3 Å². The number of likely N-dealkylation sites (tertiary alicyclic amines) is 1. The van der Waals surface area contributed by atoms with Crippen LogP contribution in [0.4, 0.5) is 16.3 Å². The van der Waals surface area contributed by atoms with E-state index >= 15 is 0 Å². The first-order chi connectivity index (χ1) is 11.8. The third-order valence-electron chi connectivity index (χ3n) is 4.09. The van der Waals surface area contributed by atoms with Crippen molar-refractivity contribution in [2.45, 2.75) is 45.3 Å². The zero-order chi connectivity index (χ0) is 18.0. The molecule has 0 spiro atoms. The van der Waals surface area contributed by atoms with Crippen molar-refractivity contribution >= 4 is 28.6 Å². The molecule has 134 valence electrons. The van der Waals surface area contributed by atoms with E-state index in [0.717, 1.165) is 30.4 Å². The molecule has 3 N–H and O–H groups in total. The zero-order valence-corrected chi connectivity index (χ0v) is 15.0. The first-order valence-corrected chi connectivity index (χ1v) is 8.57. The Morgan fingerprint density at radius 2 is 2.20 bits per heavy atom. The number of aromatic nitrogens is 2. The van der Waals surface area contributed by atoms with Crippen LogP contribution in [0.5, 0.6) is 0 Å². The van der Waals surface area contributed by atoms with Crippen LogP contribution >= 0.6 is 0 Å². The van der Waals surface area contributed by atoms with Gasteiger partial charge in [-0.15, -0.1) is 0 Å². The average Bonchev–Trinajstić information content (AvgIpc) is 3.00. The second-order valence-corrected chi connectivity index (χ2v) is 7.35. The molecule has 1 aliphatic rings. The highest BCUT2D eigenvalue weighted by molar-refractivity contribution is 5.79. The highest BCUT2D eigenvalue weighted by atomic mass is 16.6. The lowest BCUT2D eigenvalue weighted by molar-refractivity contribution is 0.0235. The molecule has 1 amide bonds. The van der Waals surface area contributed by atoms with Crippen molar-refractivity contribution in [2.24, 2.45) is 0 Å². The summed E-state index contributed by atoms with van der Waals surface area (Å²) in [7, 11) is 0. The van der Waals surface area contributed by atoms with Gasteiger partial charge in [0.1, 0.15) is 11.4 Å². The van der Waals surface area contributed by atoms with Crippen LogP contribution in [-0.2, 0) is 4.74 Å². The fraction of sp³-hybridized carbons (Fsp3) is 0.500. The lowest BCUT2D eigenvalue weighted by Crippen LogP contribution is -2.42. The number of nitrogen functional groups attached to an aromatic ring is 1. The molecule has 1 aliphatic heterocycles. The fourth-order valence-corrected chi connectivity index (χ4v) is 2.94. The van der Waals surface area contributed by atoms with Gasteiger partial charge in [-0.05, 0) is 51.8 Å². The maximum atomic E-state index is 12.3. The summed E-state index contributed by atoms with van der Waals surface area (Å²) in [6.45, 7) is 6.99. The molecule has 0 aliphatic carbocycles. The summed E-state index contributed by atoms with van der Waals surface area (Å²) in [6.07, 6.45) is 3.36. The van der Waals surface area contributed by atoms with Gasteiger partial charge in [0.2, 0.25) is 0 Å². The van der Waals surface area contributed by atoms with Crippen molar-refractivity contribution in [3.8, 4) is 0 Å². The Morgan fingerprint density at radius 3 is 2.96 bits per heavy atom. The van der Waals surface area contributed by atoms with Crippen LogP contribution in [-0.4, -0.2) is 45.7 Å². The summed E-state index contributed by atoms with van der Waals surface area (Å²) in [4.78, 5) is 23.0. The third kappa shape index (κ3) is 4.29. The Morgan fingerprint density at radius 1 is 1.40 bits per heavy atom. The molecular formula is C18H25N5O2. The molecule has 1 aromatic heterocycles. The molecule has 0 bridgehead atoms. The monoisotopic (exact) mass is 343 g/mol. The number of hydrogen-bond donors (Lipinski definition) is 2. The number of nitrogens with two attached hydrogens (primary N) is 1. The molecule has 7 nitrogen and oxygen atoms in total. The minimum absolute atomic E-state index is 0.0961. The third-order valence-corrected chi connectivity index (χ3v) is 4.09. The summed E-state index contributed by atoms with van der Waals surface area (Å²) in [5, 5.41) is 3.29. The maximum absolute atomic E-state index is 12.3. The molecule has 1 fully saturated rings. The Hall–Kier alpha value is -2.57. The number of nitrogens with one attached hydrogen (secondary N) is 1. The van der Waals surface area contributed by atoms with E-state index in [-0.39, 0.29) is 12.1 Å². The van der Waals surface area contributed by atoms with Gasteiger partial charge in [-0.1, -0.05) is 0 Å². The Balaban J connectivity index is 1.64. The summed E-state index contributed by atoms with van der Waals surface area (Å²) >= 11 is 0. The number of ether oxygens (including phenoxy) is 1. The maximum Gasteiger partial charge on any atom is 0.410 e. The van der Waals surface area contributed by atoms with Crippen LogP contribution in [0.2, 0.25) is 0 Å². The van der Waals surface area contributed by atoms with E-state index in [0.29, 0.717) is 18.1 Å². The number of fused-ring (bicyclic) bond motifs is 1. The van der Waals surface area contributed by atoms with Crippen molar-refractivity contribution in [3.05, 3.63) is 24.4 Å². The van der Waals surface area contributed by atoms with Crippen LogP contribution in [0.15, 0.2) is 24.4 Å². The molecule has 1 aromatic carbocycles. The molecule has 1 saturated heterocycles. The second-order valence-electron chi connectivity index (χ2n) is 7.35. The summed E-state index contributed by atoms with van der Waals surface area (Å²) < 4.78 is 5.49. The average molecular weight is 343 g/mol. The van der Waals surface area contributed by atoms with Gasteiger partial charge >= 0.3 is 6.09 Å². The summed E-state index contributed by atoms with van der Waals surface area (Å²) in [5.74, 6) is 0.688. The standard InChI is InChI=1S/C18H25N5O2/c1-18(2,3)25-17(24)23-8-4-5-13(23)10-21-16-11-20-15-9-12(19)6-7-14(15)22-16/h6-7,9,11,13H,4-5,8,10,19H2,1-3H3,(H,21,22)/t13-/m0/s1. The van der Waals surface area contributed by atoms with Gasteiger partial charge in [0.15, 0.2) is 0 Å². The van der Waals surface area contributed by atoms with Crippen LogP contribution in [0.25, 0.3) is 11.0 Å². The molecule has 0 unspecified atom stereocenters. The molecule has 7 heteroatoms.